The van der Waals surface area contributed by atoms with Crippen LogP contribution in [0.4, 0.5) is 4.39 Å². The molecule has 1 heterocycles. The maximum atomic E-state index is 13.5. The Kier molecular flexibility index (Phi) is 3.84. The van der Waals surface area contributed by atoms with Gasteiger partial charge in [-0.2, -0.15) is 0 Å². The summed E-state index contributed by atoms with van der Waals surface area (Å²) in [5.41, 5.74) is 5.21. The Labute approximate surface area is 114 Å². The molecule has 0 aliphatic heterocycles. The van der Waals surface area contributed by atoms with Gasteiger partial charge in [-0.15, -0.1) is 0 Å². The molecule has 0 spiro atoms. The highest BCUT2D eigenvalue weighted by Crippen LogP contribution is 2.21. The molecule has 2 rings (SSSR count). The van der Waals surface area contributed by atoms with Crippen LogP contribution < -0.4 is 10.5 Å². The van der Waals surface area contributed by atoms with Crippen LogP contribution in [0.1, 0.15) is 20.7 Å². The zero-order chi connectivity index (χ0) is 14.7. The SMILES string of the molecule is Cn1ccc(C(=O)COc2cccc(F)c2C(N)=O)c1. The number of halogens is 1. The largest absolute Gasteiger partial charge is 0.484 e. The summed E-state index contributed by atoms with van der Waals surface area (Å²) in [4.78, 5) is 23.0. The lowest BCUT2D eigenvalue weighted by molar-refractivity contribution is 0.0910. The van der Waals surface area contributed by atoms with Crippen LogP contribution in [0.2, 0.25) is 0 Å². The molecule has 0 bridgehead atoms. The molecule has 0 saturated heterocycles. The van der Waals surface area contributed by atoms with Gasteiger partial charge in [0.2, 0.25) is 5.78 Å². The monoisotopic (exact) mass is 276 g/mol. The van der Waals surface area contributed by atoms with Gasteiger partial charge < -0.3 is 15.0 Å². The summed E-state index contributed by atoms with van der Waals surface area (Å²) in [6.45, 7) is -0.298. The first-order valence-corrected chi connectivity index (χ1v) is 5.85. The number of ether oxygens (including phenoxy) is 1. The van der Waals surface area contributed by atoms with E-state index in [4.69, 9.17) is 10.5 Å². The Bertz CT molecular complexity index is 664. The van der Waals surface area contributed by atoms with Gasteiger partial charge in [-0.1, -0.05) is 6.07 Å². The normalized spacial score (nSPS) is 10.3. The number of aromatic nitrogens is 1. The number of aryl methyl sites for hydroxylation is 1. The van der Waals surface area contributed by atoms with Crippen molar-refractivity contribution in [1.82, 2.24) is 4.57 Å². The van der Waals surface area contributed by atoms with Crippen LogP contribution in [0.25, 0.3) is 0 Å². The van der Waals surface area contributed by atoms with Crippen LogP contribution in [-0.2, 0) is 7.05 Å². The second-order valence-electron chi connectivity index (χ2n) is 4.25. The Hall–Kier alpha value is -2.63. The Balaban J connectivity index is 2.13. The standard InChI is InChI=1S/C14H13FN2O3/c1-17-6-5-9(7-17)11(18)8-20-12-4-2-3-10(15)13(12)14(16)19/h2-7H,8H2,1H3,(H2,16,19). The van der Waals surface area contributed by atoms with Gasteiger partial charge in [-0.25, -0.2) is 4.39 Å². The maximum absolute atomic E-state index is 13.5. The second-order valence-corrected chi connectivity index (χ2v) is 4.25. The summed E-state index contributed by atoms with van der Waals surface area (Å²) < 4.78 is 20.4. The molecule has 0 aliphatic carbocycles. The second kappa shape index (κ2) is 5.56. The highest BCUT2D eigenvalue weighted by molar-refractivity contribution is 5.98. The Morgan fingerprint density at radius 2 is 2.10 bits per heavy atom. The highest BCUT2D eigenvalue weighted by Gasteiger charge is 2.16. The Morgan fingerprint density at radius 1 is 1.35 bits per heavy atom. The fourth-order valence-electron chi connectivity index (χ4n) is 1.76. The van der Waals surface area contributed by atoms with Crippen molar-refractivity contribution in [3.8, 4) is 5.75 Å². The van der Waals surface area contributed by atoms with Gasteiger partial charge in [0.25, 0.3) is 5.91 Å². The number of Topliss-reactive ketones (excluding diaryl/α,β-unsaturated/α-hetero) is 1. The molecular formula is C14H13FN2O3. The number of carbonyl (C=O) groups is 2. The van der Waals surface area contributed by atoms with Crippen molar-refractivity contribution < 1.29 is 18.7 Å². The van der Waals surface area contributed by atoms with Crippen LogP contribution in [0, 0.1) is 5.82 Å². The smallest absolute Gasteiger partial charge is 0.255 e. The van der Waals surface area contributed by atoms with E-state index in [1.54, 1.807) is 30.1 Å². The quantitative estimate of drug-likeness (QED) is 0.841. The summed E-state index contributed by atoms with van der Waals surface area (Å²) >= 11 is 0. The summed E-state index contributed by atoms with van der Waals surface area (Å²) in [7, 11) is 1.79. The molecular weight excluding hydrogens is 263 g/mol. The van der Waals surface area contributed by atoms with Crippen molar-refractivity contribution in [2.45, 2.75) is 0 Å². The molecule has 2 N–H and O–H groups in total. The molecule has 2 aromatic rings. The van der Waals surface area contributed by atoms with E-state index in [0.717, 1.165) is 6.07 Å². The first-order valence-electron chi connectivity index (χ1n) is 5.85. The van der Waals surface area contributed by atoms with E-state index in [9.17, 15) is 14.0 Å². The van der Waals surface area contributed by atoms with E-state index in [1.165, 1.54) is 12.1 Å². The summed E-state index contributed by atoms with van der Waals surface area (Å²) in [5.74, 6) is -2.03. The lowest BCUT2D eigenvalue weighted by Crippen LogP contribution is -2.17. The van der Waals surface area contributed by atoms with Crippen molar-refractivity contribution >= 4 is 11.7 Å². The number of nitrogens with two attached hydrogens (primary N) is 1. The molecule has 1 amide bonds. The Morgan fingerprint density at radius 3 is 2.70 bits per heavy atom. The van der Waals surface area contributed by atoms with Crippen LogP contribution in [0.3, 0.4) is 0 Å². The van der Waals surface area contributed by atoms with Crippen LogP contribution >= 0.6 is 0 Å². The lowest BCUT2D eigenvalue weighted by Gasteiger charge is -2.09. The van der Waals surface area contributed by atoms with Crippen molar-refractivity contribution in [3.63, 3.8) is 0 Å². The number of benzene rings is 1. The molecule has 5 nitrogen and oxygen atoms in total. The van der Waals surface area contributed by atoms with Crippen molar-refractivity contribution in [2.24, 2.45) is 12.8 Å². The van der Waals surface area contributed by atoms with Gasteiger partial charge in [0.15, 0.2) is 6.61 Å². The molecule has 1 aromatic carbocycles. The van der Waals surface area contributed by atoms with E-state index < -0.39 is 11.7 Å². The predicted molar refractivity (Wildman–Crippen MR) is 70.2 cm³/mol. The van der Waals surface area contributed by atoms with Crippen LogP contribution in [0.5, 0.6) is 5.75 Å². The van der Waals surface area contributed by atoms with E-state index in [1.807, 2.05) is 0 Å². The summed E-state index contributed by atoms with van der Waals surface area (Å²) in [6.07, 6.45) is 3.37. The first-order chi connectivity index (χ1) is 9.49. The molecule has 104 valence electrons. The first kappa shape index (κ1) is 13.8. The van der Waals surface area contributed by atoms with E-state index in [0.29, 0.717) is 5.56 Å². The zero-order valence-corrected chi connectivity index (χ0v) is 10.8. The molecule has 0 atom stereocenters. The van der Waals surface area contributed by atoms with Crippen molar-refractivity contribution in [3.05, 3.63) is 53.6 Å². The number of hydrogen-bond acceptors (Lipinski definition) is 3. The third kappa shape index (κ3) is 2.85. The van der Waals surface area contributed by atoms with E-state index in [2.05, 4.69) is 0 Å². The number of rotatable bonds is 5. The highest BCUT2D eigenvalue weighted by atomic mass is 19.1. The predicted octanol–water partition coefficient (Wildman–Crippen LogP) is 1.52. The fraction of sp³-hybridized carbons (Fsp3) is 0.143. The molecule has 1 aromatic heterocycles. The molecule has 0 saturated carbocycles. The van der Waals surface area contributed by atoms with Crippen molar-refractivity contribution in [1.29, 1.82) is 0 Å². The van der Waals surface area contributed by atoms with Gasteiger partial charge in [0.05, 0.1) is 0 Å². The molecule has 20 heavy (non-hydrogen) atoms. The van der Waals surface area contributed by atoms with Gasteiger partial charge in [-0.05, 0) is 18.2 Å². The number of nitrogens with zero attached hydrogens (tertiary/aromatic N) is 1. The maximum Gasteiger partial charge on any atom is 0.255 e. The lowest BCUT2D eigenvalue weighted by atomic mass is 10.1. The number of ketones is 1. The number of primary amides is 1. The summed E-state index contributed by atoms with van der Waals surface area (Å²) in [5, 5.41) is 0. The van der Waals surface area contributed by atoms with E-state index in [-0.39, 0.29) is 23.7 Å². The van der Waals surface area contributed by atoms with Gasteiger partial charge in [-0.3, -0.25) is 9.59 Å². The number of carbonyl (C=O) groups excluding carboxylic acids is 2. The van der Waals surface area contributed by atoms with Crippen LogP contribution in [-0.4, -0.2) is 22.9 Å². The average molecular weight is 276 g/mol. The minimum atomic E-state index is -0.940. The van der Waals surface area contributed by atoms with Gasteiger partial charge in [0, 0.05) is 25.0 Å². The topological polar surface area (TPSA) is 74.3 Å². The summed E-state index contributed by atoms with van der Waals surface area (Å²) in [6, 6.07) is 5.52. The molecule has 0 aliphatic rings. The number of hydrogen-bond donors (Lipinski definition) is 1. The van der Waals surface area contributed by atoms with E-state index >= 15 is 0 Å². The average Bonchev–Trinajstić information content (AvgIpc) is 2.82. The molecule has 0 unspecified atom stereocenters. The third-order valence-electron chi connectivity index (χ3n) is 2.73. The third-order valence-corrected chi connectivity index (χ3v) is 2.73. The minimum Gasteiger partial charge on any atom is -0.484 e. The van der Waals surface area contributed by atoms with Crippen molar-refractivity contribution in [2.75, 3.05) is 6.61 Å². The molecule has 6 heteroatoms. The van der Waals surface area contributed by atoms with Gasteiger partial charge >= 0.3 is 0 Å². The zero-order valence-electron chi connectivity index (χ0n) is 10.8. The minimum absolute atomic E-state index is 0.0400. The fourth-order valence-corrected chi connectivity index (χ4v) is 1.76. The number of amides is 1. The van der Waals surface area contributed by atoms with Gasteiger partial charge in [0.1, 0.15) is 17.1 Å². The molecule has 0 fully saturated rings. The van der Waals surface area contributed by atoms with Crippen LogP contribution in [0.15, 0.2) is 36.7 Å². The molecule has 0 radical (unpaired) electrons.